The summed E-state index contributed by atoms with van der Waals surface area (Å²) in [5.74, 6) is -0.0768. The van der Waals surface area contributed by atoms with E-state index in [1.165, 1.54) is 29.4 Å². The van der Waals surface area contributed by atoms with Crippen LogP contribution in [0.4, 0.5) is 0 Å². The maximum atomic E-state index is 13.0. The summed E-state index contributed by atoms with van der Waals surface area (Å²) in [5, 5.41) is 13.3. The van der Waals surface area contributed by atoms with Crippen LogP contribution < -0.4 is 14.2 Å². The summed E-state index contributed by atoms with van der Waals surface area (Å²) in [5.41, 5.74) is 0.344. The lowest BCUT2D eigenvalue weighted by molar-refractivity contribution is -0.140. The number of ketones is 1. The molecule has 0 bridgehead atoms. The van der Waals surface area contributed by atoms with Gasteiger partial charge in [-0.05, 0) is 53.9 Å². The monoisotopic (exact) mass is 499 g/mol. The van der Waals surface area contributed by atoms with Crippen LogP contribution in [0.1, 0.15) is 16.5 Å². The molecule has 0 aliphatic carbocycles. The number of amides is 1. The molecule has 4 rings (SSSR count). The van der Waals surface area contributed by atoms with Gasteiger partial charge in [0.25, 0.3) is 11.7 Å². The Kier molecular flexibility index (Phi) is 7.09. The van der Waals surface area contributed by atoms with Gasteiger partial charge in [0.15, 0.2) is 0 Å². The normalized spacial score (nSPS) is 17.1. The number of likely N-dealkylation sites (tertiary alicyclic amines) is 1. The van der Waals surface area contributed by atoms with Crippen LogP contribution >= 0.6 is 22.9 Å². The first-order chi connectivity index (χ1) is 16.4. The van der Waals surface area contributed by atoms with E-state index in [1.807, 2.05) is 17.5 Å². The Hall–Kier alpha value is -3.49. The van der Waals surface area contributed by atoms with Crippen molar-refractivity contribution < 1.29 is 28.9 Å². The van der Waals surface area contributed by atoms with E-state index in [1.54, 1.807) is 43.5 Å². The van der Waals surface area contributed by atoms with Gasteiger partial charge in [0.1, 0.15) is 29.6 Å². The highest BCUT2D eigenvalue weighted by atomic mass is 35.5. The number of hydrogen-bond acceptors (Lipinski definition) is 7. The van der Waals surface area contributed by atoms with Crippen LogP contribution in [-0.2, 0) is 9.59 Å². The maximum absolute atomic E-state index is 13.0. The minimum absolute atomic E-state index is 0.0151. The molecule has 0 spiro atoms. The highest BCUT2D eigenvalue weighted by molar-refractivity contribution is 7.10. The van der Waals surface area contributed by atoms with E-state index in [2.05, 4.69) is 0 Å². The molecule has 0 saturated carbocycles. The molecule has 7 nitrogen and oxygen atoms in total. The maximum Gasteiger partial charge on any atom is 0.295 e. The lowest BCUT2D eigenvalue weighted by Crippen LogP contribution is -2.33. The van der Waals surface area contributed by atoms with Gasteiger partial charge in [-0.15, -0.1) is 11.3 Å². The molecule has 176 valence electrons. The average Bonchev–Trinajstić information content (AvgIpc) is 3.47. The molecular formula is C25H22ClNO6S. The smallest absolute Gasteiger partial charge is 0.295 e. The highest BCUT2D eigenvalue weighted by Gasteiger charge is 2.46. The van der Waals surface area contributed by atoms with Gasteiger partial charge in [-0.2, -0.15) is 0 Å². The van der Waals surface area contributed by atoms with Crippen molar-refractivity contribution in [2.45, 2.75) is 6.04 Å². The van der Waals surface area contributed by atoms with Gasteiger partial charge in [0.2, 0.25) is 0 Å². The molecule has 1 N–H and O–H groups in total. The zero-order valence-corrected chi connectivity index (χ0v) is 20.1. The Bertz CT molecular complexity index is 1220. The van der Waals surface area contributed by atoms with E-state index >= 15 is 0 Å². The van der Waals surface area contributed by atoms with Crippen molar-refractivity contribution in [3.63, 3.8) is 0 Å². The van der Waals surface area contributed by atoms with Crippen LogP contribution in [0.25, 0.3) is 5.76 Å². The van der Waals surface area contributed by atoms with Gasteiger partial charge in [0.05, 0.1) is 37.4 Å². The Morgan fingerprint density at radius 3 is 2.44 bits per heavy atom. The topological polar surface area (TPSA) is 85.3 Å². The minimum atomic E-state index is -0.755. The van der Waals surface area contributed by atoms with E-state index in [4.69, 9.17) is 25.8 Å². The quantitative estimate of drug-likeness (QED) is 0.269. The molecule has 1 unspecified atom stereocenters. The fourth-order valence-electron chi connectivity index (χ4n) is 3.75. The number of aliphatic hydroxyl groups is 1. The van der Waals surface area contributed by atoms with Gasteiger partial charge in [-0.25, -0.2) is 0 Å². The fraction of sp³-hybridized carbons (Fsp3) is 0.200. The van der Waals surface area contributed by atoms with Crippen LogP contribution in [0.5, 0.6) is 17.2 Å². The number of carbonyl (C=O) groups excluding carboxylic acids is 2. The number of ether oxygens (including phenoxy) is 3. The molecule has 9 heteroatoms. The number of nitrogens with zero attached hydrogens (tertiary/aromatic N) is 1. The Morgan fingerprint density at radius 1 is 1.06 bits per heavy atom. The number of carbonyl (C=O) groups is 2. The molecule has 1 aliphatic heterocycles. The molecule has 34 heavy (non-hydrogen) atoms. The lowest BCUT2D eigenvalue weighted by atomic mass is 9.99. The number of hydrogen-bond donors (Lipinski definition) is 1. The van der Waals surface area contributed by atoms with Crippen LogP contribution in [0.15, 0.2) is 65.6 Å². The second-order valence-corrected chi connectivity index (χ2v) is 8.77. The van der Waals surface area contributed by atoms with Gasteiger partial charge in [0, 0.05) is 10.4 Å². The third kappa shape index (κ3) is 4.60. The summed E-state index contributed by atoms with van der Waals surface area (Å²) in [6.07, 6.45) is 0. The summed E-state index contributed by atoms with van der Waals surface area (Å²) in [6, 6.07) is 14.7. The van der Waals surface area contributed by atoms with Crippen molar-refractivity contribution in [1.82, 2.24) is 4.90 Å². The lowest BCUT2D eigenvalue weighted by Gasteiger charge is -2.24. The largest absolute Gasteiger partial charge is 0.507 e. The first-order valence-electron chi connectivity index (χ1n) is 10.4. The number of halogens is 1. The summed E-state index contributed by atoms with van der Waals surface area (Å²) in [7, 11) is 3.04. The predicted molar refractivity (Wildman–Crippen MR) is 130 cm³/mol. The Morgan fingerprint density at radius 2 is 1.79 bits per heavy atom. The average molecular weight is 500 g/mol. The molecule has 1 saturated heterocycles. The molecule has 1 aliphatic rings. The highest BCUT2D eigenvalue weighted by Crippen LogP contribution is 2.41. The van der Waals surface area contributed by atoms with E-state index in [0.29, 0.717) is 27.8 Å². The molecule has 1 aromatic heterocycles. The number of benzene rings is 2. The Balaban J connectivity index is 1.64. The first-order valence-corrected chi connectivity index (χ1v) is 11.6. The number of rotatable bonds is 8. The van der Waals surface area contributed by atoms with Crippen molar-refractivity contribution in [1.29, 1.82) is 0 Å². The van der Waals surface area contributed by atoms with Gasteiger partial charge < -0.3 is 24.2 Å². The predicted octanol–water partition coefficient (Wildman–Crippen LogP) is 4.92. The molecule has 3 aromatic rings. The van der Waals surface area contributed by atoms with Crippen molar-refractivity contribution >= 4 is 40.4 Å². The summed E-state index contributed by atoms with van der Waals surface area (Å²) in [6.45, 7) is 0.315. The van der Waals surface area contributed by atoms with Crippen LogP contribution in [-0.4, -0.2) is 49.1 Å². The van der Waals surface area contributed by atoms with Gasteiger partial charge in [-0.3, -0.25) is 9.59 Å². The van der Waals surface area contributed by atoms with E-state index in [-0.39, 0.29) is 24.5 Å². The second kappa shape index (κ2) is 10.2. The van der Waals surface area contributed by atoms with Crippen LogP contribution in [0.3, 0.4) is 0 Å². The molecule has 2 aromatic carbocycles. The van der Waals surface area contributed by atoms with Crippen LogP contribution in [0, 0.1) is 0 Å². The zero-order valence-electron chi connectivity index (χ0n) is 18.5. The van der Waals surface area contributed by atoms with Crippen molar-refractivity contribution in [3.8, 4) is 17.2 Å². The summed E-state index contributed by atoms with van der Waals surface area (Å²) >= 11 is 7.50. The van der Waals surface area contributed by atoms with E-state index in [9.17, 15) is 14.7 Å². The third-order valence-corrected chi connectivity index (χ3v) is 6.67. The fourth-order valence-corrected chi connectivity index (χ4v) is 4.79. The molecule has 0 radical (unpaired) electrons. The third-order valence-electron chi connectivity index (χ3n) is 5.44. The summed E-state index contributed by atoms with van der Waals surface area (Å²) in [4.78, 5) is 28.2. The minimum Gasteiger partial charge on any atom is -0.507 e. The second-order valence-electron chi connectivity index (χ2n) is 7.38. The number of methoxy groups -OCH3 is 2. The van der Waals surface area contributed by atoms with Crippen molar-refractivity contribution in [2.24, 2.45) is 0 Å². The number of Topliss-reactive ketones (excluding diaryl/α,β-unsaturated/α-hetero) is 1. The molecule has 1 amide bonds. The van der Waals surface area contributed by atoms with Crippen molar-refractivity contribution in [3.05, 3.63) is 81.0 Å². The summed E-state index contributed by atoms with van der Waals surface area (Å²) < 4.78 is 16.1. The number of aliphatic hydroxyl groups excluding tert-OH is 1. The van der Waals surface area contributed by atoms with Crippen molar-refractivity contribution in [2.75, 3.05) is 27.4 Å². The first kappa shape index (κ1) is 23.7. The zero-order chi connectivity index (χ0) is 24.2. The number of thiophene rings is 1. The molecule has 1 fully saturated rings. The van der Waals surface area contributed by atoms with Gasteiger partial charge >= 0.3 is 0 Å². The van der Waals surface area contributed by atoms with Gasteiger partial charge in [-0.1, -0.05) is 17.7 Å². The SMILES string of the molecule is COc1ccc(OCCN2C(=O)C(=O)/C(=C(\O)c3ccc(Cl)c(OC)c3)C2c2cccs2)cc1. The Labute approximate surface area is 205 Å². The molecule has 2 heterocycles. The van der Waals surface area contributed by atoms with E-state index < -0.39 is 17.7 Å². The molecule has 1 atom stereocenters. The van der Waals surface area contributed by atoms with Crippen LogP contribution in [0.2, 0.25) is 5.02 Å². The standard InChI is InChI=1S/C25H22ClNO6S/c1-31-16-6-8-17(9-7-16)33-12-11-27-22(20-4-3-13-34-20)21(24(29)25(27)30)23(28)15-5-10-18(26)19(14-15)32-2/h3-10,13-14,22,28H,11-12H2,1-2H3/b23-21-. The van der Waals surface area contributed by atoms with E-state index in [0.717, 1.165) is 4.88 Å². The molecular weight excluding hydrogens is 478 g/mol.